The van der Waals surface area contributed by atoms with Gasteiger partial charge in [0.25, 0.3) is 0 Å². The Morgan fingerprint density at radius 3 is 2.12 bits per heavy atom. The number of carbonyl (C=O) groups is 1. The molecule has 0 unspecified atom stereocenters. The molecule has 0 heterocycles. The highest BCUT2D eigenvalue weighted by molar-refractivity contribution is 5.98. The van der Waals surface area contributed by atoms with E-state index in [1.807, 2.05) is 19.1 Å². The highest BCUT2D eigenvalue weighted by Gasteiger charge is 2.31. The van der Waals surface area contributed by atoms with Gasteiger partial charge in [0.1, 0.15) is 5.75 Å². The van der Waals surface area contributed by atoms with Gasteiger partial charge in [0.2, 0.25) is 0 Å². The monoisotopic (exact) mass is 356 g/mol. The standard InChI is InChI=1S/C24H36O2/c1-3-5-17-6-8-18(9-7-17)19-10-12-20(13-11-19)21-14-15-22(23(25)4-2)24(26)16-21/h14-20,26H,3-13H2,1-2H3. The van der Waals surface area contributed by atoms with Gasteiger partial charge in [0.15, 0.2) is 5.78 Å². The summed E-state index contributed by atoms with van der Waals surface area (Å²) in [5.41, 5.74) is 1.70. The van der Waals surface area contributed by atoms with Crippen molar-refractivity contribution in [3.8, 4) is 5.75 Å². The van der Waals surface area contributed by atoms with Gasteiger partial charge in [-0.2, -0.15) is 0 Å². The molecule has 0 spiro atoms. The van der Waals surface area contributed by atoms with Crippen molar-refractivity contribution in [2.45, 2.75) is 90.4 Å². The first-order valence-corrected chi connectivity index (χ1v) is 11.0. The van der Waals surface area contributed by atoms with E-state index in [-0.39, 0.29) is 11.5 Å². The van der Waals surface area contributed by atoms with Gasteiger partial charge in [-0.25, -0.2) is 0 Å². The van der Waals surface area contributed by atoms with E-state index in [2.05, 4.69) is 13.0 Å². The molecule has 2 saturated carbocycles. The SMILES string of the molecule is CCCC1CCC(C2CCC(c3ccc(C(=O)CC)c(O)c3)CC2)CC1. The Hall–Kier alpha value is -1.31. The molecule has 3 rings (SSSR count). The molecule has 2 heteroatoms. The maximum absolute atomic E-state index is 11.8. The summed E-state index contributed by atoms with van der Waals surface area (Å²) in [6.45, 7) is 4.16. The number of hydrogen-bond donors (Lipinski definition) is 1. The average molecular weight is 357 g/mol. The summed E-state index contributed by atoms with van der Waals surface area (Å²) >= 11 is 0. The second kappa shape index (κ2) is 9.06. The Kier molecular flexibility index (Phi) is 6.78. The highest BCUT2D eigenvalue weighted by Crippen LogP contribution is 2.44. The highest BCUT2D eigenvalue weighted by atomic mass is 16.3. The second-order valence-corrected chi connectivity index (χ2v) is 8.73. The van der Waals surface area contributed by atoms with Crippen LogP contribution in [-0.4, -0.2) is 10.9 Å². The number of ketones is 1. The lowest BCUT2D eigenvalue weighted by Crippen LogP contribution is -2.25. The number of carbonyl (C=O) groups excluding carboxylic acids is 1. The summed E-state index contributed by atoms with van der Waals surface area (Å²) < 4.78 is 0. The largest absolute Gasteiger partial charge is 0.507 e. The van der Waals surface area contributed by atoms with Crippen LogP contribution in [0.25, 0.3) is 0 Å². The fourth-order valence-corrected chi connectivity index (χ4v) is 5.51. The fraction of sp³-hybridized carbons (Fsp3) is 0.708. The van der Waals surface area contributed by atoms with E-state index in [0.717, 1.165) is 17.8 Å². The number of Topliss-reactive ketones (excluding diaryl/α,β-unsaturated/α-hetero) is 1. The zero-order chi connectivity index (χ0) is 18.5. The number of rotatable bonds is 6. The van der Waals surface area contributed by atoms with Crippen LogP contribution >= 0.6 is 0 Å². The van der Waals surface area contributed by atoms with Crippen molar-refractivity contribution < 1.29 is 9.90 Å². The first-order chi connectivity index (χ1) is 12.6. The molecule has 0 aromatic heterocycles. The van der Waals surface area contributed by atoms with E-state index in [1.54, 1.807) is 0 Å². The Morgan fingerprint density at radius 1 is 0.962 bits per heavy atom. The molecular formula is C24H36O2. The Balaban J connectivity index is 1.52. The number of hydrogen-bond acceptors (Lipinski definition) is 2. The molecule has 0 amide bonds. The lowest BCUT2D eigenvalue weighted by atomic mass is 9.68. The maximum atomic E-state index is 11.8. The summed E-state index contributed by atoms with van der Waals surface area (Å²) in [6.07, 6.45) is 14.2. The quantitative estimate of drug-likeness (QED) is 0.565. The van der Waals surface area contributed by atoms with E-state index in [0.29, 0.717) is 17.9 Å². The van der Waals surface area contributed by atoms with Crippen LogP contribution in [0.1, 0.15) is 106 Å². The Morgan fingerprint density at radius 2 is 1.58 bits per heavy atom. The first-order valence-electron chi connectivity index (χ1n) is 11.0. The third kappa shape index (κ3) is 4.50. The fourth-order valence-electron chi connectivity index (χ4n) is 5.51. The minimum Gasteiger partial charge on any atom is -0.507 e. The van der Waals surface area contributed by atoms with Gasteiger partial charge in [0, 0.05) is 6.42 Å². The molecule has 1 aromatic carbocycles. The van der Waals surface area contributed by atoms with Crippen molar-refractivity contribution in [3.63, 3.8) is 0 Å². The minimum absolute atomic E-state index is 0.0245. The molecule has 0 saturated heterocycles. The third-order valence-corrected chi connectivity index (χ3v) is 7.14. The topological polar surface area (TPSA) is 37.3 Å². The molecule has 0 aliphatic heterocycles. The van der Waals surface area contributed by atoms with Gasteiger partial charge >= 0.3 is 0 Å². The van der Waals surface area contributed by atoms with Crippen LogP contribution in [0.3, 0.4) is 0 Å². The summed E-state index contributed by atoms with van der Waals surface area (Å²) in [7, 11) is 0. The molecular weight excluding hydrogens is 320 g/mol. The van der Waals surface area contributed by atoms with Crippen molar-refractivity contribution in [2.24, 2.45) is 17.8 Å². The maximum Gasteiger partial charge on any atom is 0.166 e. The van der Waals surface area contributed by atoms with Gasteiger partial charge < -0.3 is 5.11 Å². The van der Waals surface area contributed by atoms with Crippen LogP contribution in [-0.2, 0) is 0 Å². The van der Waals surface area contributed by atoms with E-state index in [9.17, 15) is 9.90 Å². The lowest BCUT2D eigenvalue weighted by Gasteiger charge is -2.38. The number of phenolic OH excluding ortho intramolecular Hbond substituents is 1. The normalized spacial score (nSPS) is 29.5. The molecule has 2 aliphatic rings. The van der Waals surface area contributed by atoms with Gasteiger partial charge in [-0.05, 0) is 79.9 Å². The lowest BCUT2D eigenvalue weighted by molar-refractivity contribution is 0.0985. The molecule has 2 nitrogen and oxygen atoms in total. The summed E-state index contributed by atoms with van der Waals surface area (Å²) in [5.74, 6) is 3.63. The summed E-state index contributed by atoms with van der Waals surface area (Å²) in [4.78, 5) is 11.8. The summed E-state index contributed by atoms with van der Waals surface area (Å²) in [5, 5.41) is 10.2. The first kappa shape index (κ1) is 19.5. The number of aromatic hydroxyl groups is 1. The molecule has 1 N–H and O–H groups in total. The molecule has 144 valence electrons. The Bertz CT molecular complexity index is 590. The van der Waals surface area contributed by atoms with Crippen molar-refractivity contribution in [2.75, 3.05) is 0 Å². The minimum atomic E-state index is 0.0245. The van der Waals surface area contributed by atoms with Crippen molar-refractivity contribution >= 4 is 5.78 Å². The molecule has 0 radical (unpaired) electrons. The van der Waals surface area contributed by atoms with Gasteiger partial charge in [0.05, 0.1) is 5.56 Å². The van der Waals surface area contributed by atoms with Crippen LogP contribution in [0.15, 0.2) is 18.2 Å². The van der Waals surface area contributed by atoms with Gasteiger partial charge in [-0.15, -0.1) is 0 Å². The summed E-state index contributed by atoms with van der Waals surface area (Å²) in [6, 6.07) is 5.75. The van der Waals surface area contributed by atoms with E-state index < -0.39 is 0 Å². The van der Waals surface area contributed by atoms with Crippen molar-refractivity contribution in [1.82, 2.24) is 0 Å². The predicted octanol–water partition coefficient (Wildman–Crippen LogP) is 6.87. The van der Waals surface area contributed by atoms with Crippen LogP contribution < -0.4 is 0 Å². The molecule has 26 heavy (non-hydrogen) atoms. The molecule has 2 aliphatic carbocycles. The average Bonchev–Trinajstić information content (AvgIpc) is 2.68. The van der Waals surface area contributed by atoms with Gasteiger partial charge in [-0.3, -0.25) is 4.79 Å². The zero-order valence-electron chi connectivity index (χ0n) is 16.7. The van der Waals surface area contributed by atoms with Crippen molar-refractivity contribution in [3.05, 3.63) is 29.3 Å². The molecule has 0 bridgehead atoms. The number of benzene rings is 1. The third-order valence-electron chi connectivity index (χ3n) is 7.14. The molecule has 1 aromatic rings. The van der Waals surface area contributed by atoms with Gasteiger partial charge in [-0.1, -0.05) is 45.6 Å². The van der Waals surface area contributed by atoms with Crippen LogP contribution in [0.2, 0.25) is 0 Å². The zero-order valence-corrected chi connectivity index (χ0v) is 16.7. The Labute approximate surface area is 159 Å². The smallest absolute Gasteiger partial charge is 0.166 e. The van der Waals surface area contributed by atoms with E-state index in [4.69, 9.17) is 0 Å². The number of phenols is 1. The van der Waals surface area contributed by atoms with Crippen molar-refractivity contribution in [1.29, 1.82) is 0 Å². The predicted molar refractivity (Wildman–Crippen MR) is 108 cm³/mol. The second-order valence-electron chi connectivity index (χ2n) is 8.73. The van der Waals surface area contributed by atoms with E-state index in [1.165, 1.54) is 69.8 Å². The molecule has 2 fully saturated rings. The van der Waals surface area contributed by atoms with E-state index >= 15 is 0 Å². The van der Waals surface area contributed by atoms with Crippen LogP contribution in [0.5, 0.6) is 5.75 Å². The van der Waals surface area contributed by atoms with Crippen LogP contribution in [0, 0.1) is 17.8 Å². The molecule has 0 atom stereocenters. The van der Waals surface area contributed by atoms with Crippen LogP contribution in [0.4, 0.5) is 0 Å².